The van der Waals surface area contributed by atoms with Crippen LogP contribution in [-0.4, -0.2) is 48.7 Å². The summed E-state index contributed by atoms with van der Waals surface area (Å²) in [4.78, 5) is 52.4. The van der Waals surface area contributed by atoms with Crippen molar-refractivity contribution < 1.29 is 42.9 Å². The number of hydrogen-bond donors (Lipinski definition) is 0. The lowest BCUT2D eigenvalue weighted by Crippen LogP contribution is -2.49. The molecule has 1 saturated heterocycles. The monoisotopic (exact) mass is 580 g/mol. The van der Waals surface area contributed by atoms with E-state index in [9.17, 15) is 19.2 Å². The van der Waals surface area contributed by atoms with Crippen LogP contribution in [0.5, 0.6) is 0 Å². The molecular weight excluding hydrogens is 552 g/mol. The normalized spacial score (nSPS) is 20.9. The lowest BCUT2D eigenvalue weighted by Gasteiger charge is -2.33. The molecule has 1 aliphatic heterocycles. The van der Waals surface area contributed by atoms with Crippen LogP contribution in [-0.2, 0) is 23.7 Å². The van der Waals surface area contributed by atoms with Crippen molar-refractivity contribution in [1.29, 1.82) is 0 Å². The van der Waals surface area contributed by atoms with Crippen LogP contribution in [0, 0.1) is 5.92 Å². The molecule has 4 aromatic carbocycles. The Morgan fingerprint density at radius 2 is 0.977 bits per heavy atom. The predicted octanol–water partition coefficient (Wildman–Crippen LogP) is 5.47. The van der Waals surface area contributed by atoms with Crippen LogP contribution in [0.3, 0.4) is 0 Å². The number of carbonyl (C=O) groups excluding carboxylic acids is 4. The van der Waals surface area contributed by atoms with Crippen LogP contribution in [0.1, 0.15) is 48.4 Å². The van der Waals surface area contributed by atoms with E-state index >= 15 is 0 Å². The number of carbonyl (C=O) groups is 4. The molecule has 1 aliphatic rings. The Labute approximate surface area is 247 Å². The summed E-state index contributed by atoms with van der Waals surface area (Å²) in [5, 5.41) is 0. The van der Waals surface area contributed by atoms with Crippen LogP contribution >= 0.6 is 0 Å². The van der Waals surface area contributed by atoms with Gasteiger partial charge in [0.1, 0.15) is 12.5 Å². The third kappa shape index (κ3) is 6.79. The molecule has 43 heavy (non-hydrogen) atoms. The first-order valence-electron chi connectivity index (χ1n) is 13.5. The van der Waals surface area contributed by atoms with Gasteiger partial charge in [-0.1, -0.05) is 72.8 Å². The van der Waals surface area contributed by atoms with Gasteiger partial charge in [-0.05, 0) is 55.5 Å². The molecule has 1 heterocycles. The highest BCUT2D eigenvalue weighted by molar-refractivity contribution is 5.91. The number of ether oxygens (including phenoxy) is 5. The van der Waals surface area contributed by atoms with Gasteiger partial charge in [-0.3, -0.25) is 4.74 Å². The summed E-state index contributed by atoms with van der Waals surface area (Å²) in [6.45, 7) is 1.08. The van der Waals surface area contributed by atoms with E-state index in [1.54, 1.807) is 121 Å². The summed E-state index contributed by atoms with van der Waals surface area (Å²) in [5.74, 6) is -4.01. The van der Waals surface area contributed by atoms with Crippen LogP contribution < -0.4 is 0 Å². The van der Waals surface area contributed by atoms with Gasteiger partial charge in [0.15, 0.2) is 5.60 Å². The molecule has 0 radical (unpaired) electrons. The fraction of sp³-hybridized carbons (Fsp3) is 0.176. The molecule has 1 fully saturated rings. The van der Waals surface area contributed by atoms with E-state index in [1.165, 1.54) is 6.92 Å². The summed E-state index contributed by atoms with van der Waals surface area (Å²) < 4.78 is 29.0. The summed E-state index contributed by atoms with van der Waals surface area (Å²) in [5.41, 5.74) is -0.801. The topological polar surface area (TPSA) is 114 Å². The third-order valence-electron chi connectivity index (χ3n) is 6.97. The minimum absolute atomic E-state index is 0.222. The molecule has 0 aromatic heterocycles. The number of benzene rings is 4. The Hall–Kier alpha value is -5.28. The Morgan fingerprint density at radius 3 is 1.44 bits per heavy atom. The van der Waals surface area contributed by atoms with Crippen molar-refractivity contribution >= 4 is 23.9 Å². The van der Waals surface area contributed by atoms with Crippen molar-refractivity contribution in [2.75, 3.05) is 6.61 Å². The first-order chi connectivity index (χ1) is 20.8. The van der Waals surface area contributed by atoms with Crippen LogP contribution in [0.2, 0.25) is 0 Å². The average molecular weight is 581 g/mol. The summed E-state index contributed by atoms with van der Waals surface area (Å²) in [6.07, 6.45) is -2.97. The van der Waals surface area contributed by atoms with E-state index < -0.39 is 54.6 Å². The molecule has 9 heteroatoms. The lowest BCUT2D eigenvalue weighted by atomic mass is 9.90. The maximum atomic E-state index is 13.3. The molecule has 218 valence electrons. The maximum Gasteiger partial charge on any atom is 0.340 e. The number of hydrogen-bond acceptors (Lipinski definition) is 9. The highest BCUT2D eigenvalue weighted by Gasteiger charge is 2.61. The Kier molecular flexibility index (Phi) is 8.93. The molecule has 9 nitrogen and oxygen atoms in total. The Morgan fingerprint density at radius 1 is 0.581 bits per heavy atom. The van der Waals surface area contributed by atoms with Crippen molar-refractivity contribution in [3.8, 4) is 0 Å². The van der Waals surface area contributed by atoms with Crippen molar-refractivity contribution in [2.45, 2.75) is 25.1 Å². The van der Waals surface area contributed by atoms with Crippen molar-refractivity contribution in [3.63, 3.8) is 0 Å². The second kappa shape index (κ2) is 13.1. The highest BCUT2D eigenvalue weighted by Crippen LogP contribution is 2.42. The van der Waals surface area contributed by atoms with Crippen LogP contribution in [0.25, 0.3) is 0 Å². The number of esters is 4. The molecule has 0 unspecified atom stereocenters. The van der Waals surface area contributed by atoms with E-state index in [0.717, 1.165) is 0 Å². The quantitative estimate of drug-likeness (QED) is 0.188. The molecule has 0 amide bonds. The predicted molar refractivity (Wildman–Crippen MR) is 153 cm³/mol. The lowest BCUT2D eigenvalue weighted by molar-refractivity contribution is -0.196. The van der Waals surface area contributed by atoms with Crippen molar-refractivity contribution in [3.05, 3.63) is 144 Å². The van der Waals surface area contributed by atoms with Gasteiger partial charge in [0, 0.05) is 0 Å². The fourth-order valence-corrected chi connectivity index (χ4v) is 4.56. The van der Waals surface area contributed by atoms with Gasteiger partial charge in [0.2, 0.25) is 12.6 Å². The molecule has 0 bridgehead atoms. The van der Waals surface area contributed by atoms with Gasteiger partial charge in [-0.25, -0.2) is 19.2 Å². The standard InChI is InChI=1S/C34H28O9/c1-34(43-31(38)26-20-12-5-13-21-26)27(22-39-28(35)23-14-6-2-7-15-23)32(40-29(36)24-16-8-3-9-17-24)42-33(34)41-30(37)25-18-10-4-11-19-25/h2-21,27,32-33H,22H2,1H3/t27-,32+,33+,34-/m1/s1. The summed E-state index contributed by atoms with van der Waals surface area (Å²) in [6, 6.07) is 32.9. The Balaban J connectivity index is 1.48. The second-order valence-electron chi connectivity index (χ2n) is 9.89. The summed E-state index contributed by atoms with van der Waals surface area (Å²) >= 11 is 0. The smallest absolute Gasteiger partial charge is 0.340 e. The second-order valence-corrected chi connectivity index (χ2v) is 9.89. The Bertz CT molecular complexity index is 1560. The van der Waals surface area contributed by atoms with Crippen LogP contribution in [0.4, 0.5) is 0 Å². The SMILES string of the molecule is C[C@]1(OC(=O)c2ccccc2)[C@@H](OC(=O)c2ccccc2)O[C@H](OC(=O)c2ccccc2)[C@H]1COC(=O)c1ccccc1. The van der Waals surface area contributed by atoms with E-state index in [1.807, 2.05) is 0 Å². The zero-order valence-electron chi connectivity index (χ0n) is 23.2. The summed E-state index contributed by atoms with van der Waals surface area (Å²) in [7, 11) is 0. The third-order valence-corrected chi connectivity index (χ3v) is 6.97. The molecule has 5 rings (SSSR count). The average Bonchev–Trinajstić information content (AvgIpc) is 3.30. The molecular formula is C34H28O9. The largest absolute Gasteiger partial charge is 0.461 e. The fourth-order valence-electron chi connectivity index (χ4n) is 4.56. The molecule has 0 spiro atoms. The molecule has 0 N–H and O–H groups in total. The van der Waals surface area contributed by atoms with E-state index in [2.05, 4.69) is 0 Å². The maximum absolute atomic E-state index is 13.3. The van der Waals surface area contributed by atoms with Gasteiger partial charge in [-0.2, -0.15) is 0 Å². The highest BCUT2D eigenvalue weighted by atomic mass is 16.8. The molecule has 0 saturated carbocycles. The van der Waals surface area contributed by atoms with E-state index in [4.69, 9.17) is 23.7 Å². The zero-order valence-corrected chi connectivity index (χ0v) is 23.2. The van der Waals surface area contributed by atoms with Gasteiger partial charge < -0.3 is 18.9 Å². The van der Waals surface area contributed by atoms with Crippen molar-refractivity contribution in [2.24, 2.45) is 5.92 Å². The number of rotatable bonds is 9. The molecule has 4 atom stereocenters. The van der Waals surface area contributed by atoms with E-state index in [0.29, 0.717) is 0 Å². The van der Waals surface area contributed by atoms with Gasteiger partial charge >= 0.3 is 23.9 Å². The first kappa shape index (κ1) is 29.2. The van der Waals surface area contributed by atoms with Crippen LogP contribution in [0.15, 0.2) is 121 Å². The minimum Gasteiger partial charge on any atom is -0.461 e. The van der Waals surface area contributed by atoms with Gasteiger partial charge in [-0.15, -0.1) is 0 Å². The van der Waals surface area contributed by atoms with Crippen molar-refractivity contribution in [1.82, 2.24) is 0 Å². The first-order valence-corrected chi connectivity index (χ1v) is 13.5. The molecule has 0 aliphatic carbocycles. The van der Waals surface area contributed by atoms with Gasteiger partial charge in [0.25, 0.3) is 0 Å². The zero-order chi connectivity index (χ0) is 30.2. The molecule has 4 aromatic rings. The van der Waals surface area contributed by atoms with E-state index in [-0.39, 0.29) is 22.3 Å². The van der Waals surface area contributed by atoms with Gasteiger partial charge in [0.05, 0.1) is 22.3 Å². The minimum atomic E-state index is -1.77.